The molecule has 1 fully saturated rings. The number of hydrogen-bond acceptors (Lipinski definition) is 5. The number of nitrogens with one attached hydrogen (secondary N) is 2. The Kier molecular flexibility index (Phi) is 9.86. The lowest BCUT2D eigenvalue weighted by Crippen LogP contribution is -2.45. The summed E-state index contributed by atoms with van der Waals surface area (Å²) in [7, 11) is 1.77. The molecule has 0 spiro atoms. The number of rotatable bonds is 7. The van der Waals surface area contributed by atoms with Gasteiger partial charge in [-0.15, -0.1) is 35.3 Å². The van der Waals surface area contributed by atoms with Crippen LogP contribution < -0.4 is 10.6 Å². The van der Waals surface area contributed by atoms with Gasteiger partial charge in [0.25, 0.3) is 0 Å². The number of carbonyl (C=O) groups is 1. The molecule has 4 heterocycles. The van der Waals surface area contributed by atoms with E-state index in [0.717, 1.165) is 44.3 Å². The molecule has 1 atom stereocenters. The number of nitrogens with zero attached hydrogens (tertiary/aromatic N) is 3. The molecular formula is C23H34IN5O2S. The molecule has 0 bridgehead atoms. The second-order valence-corrected chi connectivity index (χ2v) is 9.19. The number of furan rings is 1. The summed E-state index contributed by atoms with van der Waals surface area (Å²) < 4.78 is 5.72. The molecule has 2 aromatic heterocycles. The van der Waals surface area contributed by atoms with Crippen molar-refractivity contribution in [2.75, 3.05) is 39.8 Å². The number of hydrogen-bond donors (Lipinski definition) is 2. The van der Waals surface area contributed by atoms with Gasteiger partial charge in [-0.3, -0.25) is 14.7 Å². The fourth-order valence-electron chi connectivity index (χ4n) is 4.44. The zero-order valence-corrected chi connectivity index (χ0v) is 21.9. The molecule has 7 nitrogen and oxygen atoms in total. The molecule has 9 heteroatoms. The molecule has 0 radical (unpaired) electrons. The smallest absolute Gasteiger partial charge is 0.224 e. The van der Waals surface area contributed by atoms with Crippen LogP contribution in [0.15, 0.2) is 39.3 Å². The first-order valence-electron chi connectivity index (χ1n) is 11.3. The number of guanidine groups is 1. The second-order valence-electron chi connectivity index (χ2n) is 8.19. The average molecular weight is 572 g/mol. The highest BCUT2D eigenvalue weighted by molar-refractivity contribution is 14.0. The topological polar surface area (TPSA) is 73.1 Å². The lowest BCUT2D eigenvalue weighted by molar-refractivity contribution is -0.131. The maximum absolute atomic E-state index is 12.6. The zero-order valence-electron chi connectivity index (χ0n) is 18.7. The first-order valence-corrected chi connectivity index (χ1v) is 12.2. The van der Waals surface area contributed by atoms with E-state index in [9.17, 15) is 4.79 Å². The van der Waals surface area contributed by atoms with Gasteiger partial charge in [0.05, 0.1) is 12.3 Å². The summed E-state index contributed by atoms with van der Waals surface area (Å²) in [6.07, 6.45) is 6.95. The van der Waals surface area contributed by atoms with Gasteiger partial charge in [0.15, 0.2) is 5.96 Å². The van der Waals surface area contributed by atoms with Crippen LogP contribution in [0, 0.1) is 0 Å². The molecule has 176 valence electrons. The fourth-order valence-corrected chi connectivity index (χ4v) is 5.33. The Morgan fingerprint density at radius 2 is 2.06 bits per heavy atom. The van der Waals surface area contributed by atoms with Crippen LogP contribution in [0.3, 0.4) is 0 Å². The lowest BCUT2D eigenvalue weighted by Gasteiger charge is -2.33. The number of halogens is 1. The van der Waals surface area contributed by atoms with Gasteiger partial charge in [-0.05, 0) is 61.5 Å². The predicted octanol–water partition coefficient (Wildman–Crippen LogP) is 3.63. The van der Waals surface area contributed by atoms with Gasteiger partial charge < -0.3 is 20.0 Å². The van der Waals surface area contributed by atoms with Gasteiger partial charge >= 0.3 is 0 Å². The summed E-state index contributed by atoms with van der Waals surface area (Å²) in [5.74, 6) is 1.90. The van der Waals surface area contributed by atoms with Crippen LogP contribution in [0.1, 0.15) is 47.9 Å². The number of thiophene rings is 1. The van der Waals surface area contributed by atoms with Crippen LogP contribution in [0.2, 0.25) is 0 Å². The quantitative estimate of drug-likeness (QED) is 0.302. The summed E-state index contributed by atoms with van der Waals surface area (Å²) in [5.41, 5.74) is 1.30. The summed E-state index contributed by atoms with van der Waals surface area (Å²) in [4.78, 5) is 22.9. The Bertz CT molecular complexity index is 864. The minimum atomic E-state index is 0. The number of likely N-dealkylation sites (tertiary alicyclic amines) is 1. The first kappa shape index (κ1) is 25.0. The van der Waals surface area contributed by atoms with E-state index in [2.05, 4.69) is 32.0 Å². The monoisotopic (exact) mass is 571 g/mol. The van der Waals surface area contributed by atoms with Crippen molar-refractivity contribution >= 4 is 47.2 Å². The molecule has 0 saturated carbocycles. The Hall–Kier alpha value is -1.59. The molecular weight excluding hydrogens is 537 g/mol. The number of aliphatic imine (C=N–C) groups is 1. The number of fused-ring (bicyclic) bond motifs is 1. The third-order valence-corrected chi connectivity index (χ3v) is 7.20. The molecule has 0 aliphatic carbocycles. The van der Waals surface area contributed by atoms with E-state index in [0.29, 0.717) is 19.5 Å². The Morgan fingerprint density at radius 1 is 1.22 bits per heavy atom. The summed E-state index contributed by atoms with van der Waals surface area (Å²) in [6.45, 7) is 5.03. The summed E-state index contributed by atoms with van der Waals surface area (Å²) in [5, 5.41) is 8.85. The van der Waals surface area contributed by atoms with E-state index in [-0.39, 0.29) is 35.9 Å². The van der Waals surface area contributed by atoms with Crippen molar-refractivity contribution in [1.82, 2.24) is 20.4 Å². The average Bonchev–Trinajstić information content (AvgIpc) is 3.50. The third-order valence-electron chi connectivity index (χ3n) is 6.18. The second kappa shape index (κ2) is 12.6. The van der Waals surface area contributed by atoms with E-state index in [1.807, 2.05) is 17.0 Å². The van der Waals surface area contributed by atoms with Gasteiger partial charge in [-0.25, -0.2) is 0 Å². The predicted molar refractivity (Wildman–Crippen MR) is 140 cm³/mol. The highest BCUT2D eigenvalue weighted by atomic mass is 127. The van der Waals surface area contributed by atoms with Gasteiger partial charge in [0.1, 0.15) is 5.76 Å². The molecule has 0 aromatic carbocycles. The maximum atomic E-state index is 12.6. The van der Waals surface area contributed by atoms with Crippen molar-refractivity contribution in [1.29, 1.82) is 0 Å². The largest absolute Gasteiger partial charge is 0.468 e. The van der Waals surface area contributed by atoms with Crippen LogP contribution in [0.25, 0.3) is 0 Å². The van der Waals surface area contributed by atoms with E-state index >= 15 is 0 Å². The Balaban J connectivity index is 0.00000289. The van der Waals surface area contributed by atoms with Gasteiger partial charge in [0, 0.05) is 44.5 Å². The zero-order chi connectivity index (χ0) is 21.5. The molecule has 32 heavy (non-hydrogen) atoms. The minimum Gasteiger partial charge on any atom is -0.468 e. The van der Waals surface area contributed by atoms with Crippen molar-refractivity contribution < 1.29 is 9.21 Å². The van der Waals surface area contributed by atoms with Crippen molar-refractivity contribution in [2.24, 2.45) is 4.99 Å². The summed E-state index contributed by atoms with van der Waals surface area (Å²) >= 11 is 1.80. The SMILES string of the molecule is CN=C(NCCC(=O)N1CCc2sccc2C1)NCC(c1ccco1)N1CCCCC1.I. The van der Waals surface area contributed by atoms with E-state index in [4.69, 9.17) is 4.42 Å². The number of piperidine rings is 1. The van der Waals surface area contributed by atoms with Crippen molar-refractivity contribution in [3.63, 3.8) is 0 Å². The Labute approximate surface area is 211 Å². The van der Waals surface area contributed by atoms with Crippen molar-refractivity contribution in [2.45, 2.75) is 44.7 Å². The molecule has 2 aliphatic heterocycles. The normalized spacial score (nSPS) is 17.9. The summed E-state index contributed by atoms with van der Waals surface area (Å²) in [6, 6.07) is 6.32. The maximum Gasteiger partial charge on any atom is 0.224 e. The molecule has 1 unspecified atom stereocenters. The number of amides is 1. The molecule has 2 N–H and O–H groups in total. The van der Waals surface area contributed by atoms with E-state index in [1.54, 1.807) is 24.6 Å². The van der Waals surface area contributed by atoms with Gasteiger partial charge in [-0.1, -0.05) is 6.42 Å². The van der Waals surface area contributed by atoms with Crippen molar-refractivity contribution in [3.8, 4) is 0 Å². The van der Waals surface area contributed by atoms with Crippen LogP contribution >= 0.6 is 35.3 Å². The van der Waals surface area contributed by atoms with E-state index < -0.39 is 0 Å². The van der Waals surface area contributed by atoms with Crippen molar-refractivity contribution in [3.05, 3.63) is 46.0 Å². The van der Waals surface area contributed by atoms with Crippen LogP contribution in [0.5, 0.6) is 0 Å². The third kappa shape index (κ3) is 6.48. The molecule has 2 aromatic rings. The highest BCUT2D eigenvalue weighted by Gasteiger charge is 2.25. The minimum absolute atomic E-state index is 0. The highest BCUT2D eigenvalue weighted by Crippen LogP contribution is 2.25. The fraction of sp³-hybridized carbons (Fsp3) is 0.565. The molecule has 2 aliphatic rings. The standard InChI is InChI=1S/C23H33N5O2S.HI/c1-24-23(25-10-7-22(29)28-13-8-21-18(17-28)9-15-31-21)26-16-19(20-6-5-14-30-20)27-11-3-2-4-12-27;/h5-6,9,14-15,19H,2-4,7-8,10-13,16-17H2,1H3,(H2,24,25,26);1H. The van der Waals surface area contributed by atoms with Gasteiger partial charge in [0.2, 0.25) is 5.91 Å². The van der Waals surface area contributed by atoms with E-state index in [1.165, 1.54) is 29.7 Å². The molecule has 4 rings (SSSR count). The number of carbonyl (C=O) groups excluding carboxylic acids is 1. The van der Waals surface area contributed by atoms with Gasteiger partial charge in [-0.2, -0.15) is 0 Å². The lowest BCUT2D eigenvalue weighted by atomic mass is 10.1. The Morgan fingerprint density at radius 3 is 2.81 bits per heavy atom. The molecule has 1 saturated heterocycles. The molecule has 1 amide bonds. The first-order chi connectivity index (χ1) is 15.2. The van der Waals surface area contributed by atoms with Crippen LogP contribution in [0.4, 0.5) is 0 Å². The van der Waals surface area contributed by atoms with Crippen LogP contribution in [-0.4, -0.2) is 61.4 Å². The van der Waals surface area contributed by atoms with Crippen LogP contribution in [-0.2, 0) is 17.8 Å².